The molecule has 78 valence electrons. The van der Waals surface area contributed by atoms with Crippen LogP contribution in [0.25, 0.3) is 0 Å². The lowest BCUT2D eigenvalue weighted by molar-refractivity contribution is 0.445. The minimum absolute atomic E-state index is 0.0596. The SMILES string of the molecule is Cc1ccc([C@@H](N)CC(C)C)c(O)c1. The van der Waals surface area contributed by atoms with Crippen LogP contribution in [0.3, 0.4) is 0 Å². The molecule has 0 spiro atoms. The predicted molar refractivity (Wildman–Crippen MR) is 59.2 cm³/mol. The predicted octanol–water partition coefficient (Wildman–Crippen LogP) is 2.75. The Morgan fingerprint density at radius 2 is 2.00 bits per heavy atom. The Labute approximate surface area is 85.8 Å². The Hall–Kier alpha value is -1.02. The third-order valence-electron chi connectivity index (χ3n) is 2.31. The standard InChI is InChI=1S/C12H19NO/c1-8(2)6-11(13)10-5-4-9(3)7-12(10)14/h4-5,7-8,11,14H,6,13H2,1-3H3/t11-/m0/s1. The smallest absolute Gasteiger partial charge is 0.120 e. The summed E-state index contributed by atoms with van der Waals surface area (Å²) in [5, 5.41) is 9.69. The molecule has 1 rings (SSSR count). The first-order valence-electron chi connectivity index (χ1n) is 5.05. The number of nitrogens with two attached hydrogens (primary N) is 1. The van der Waals surface area contributed by atoms with Crippen molar-refractivity contribution in [1.29, 1.82) is 0 Å². The topological polar surface area (TPSA) is 46.2 Å². The Morgan fingerprint density at radius 1 is 1.36 bits per heavy atom. The van der Waals surface area contributed by atoms with Gasteiger partial charge in [0.05, 0.1) is 0 Å². The molecular weight excluding hydrogens is 174 g/mol. The molecule has 0 saturated heterocycles. The largest absolute Gasteiger partial charge is 0.508 e. The molecule has 0 aliphatic heterocycles. The van der Waals surface area contributed by atoms with E-state index < -0.39 is 0 Å². The Balaban J connectivity index is 2.84. The van der Waals surface area contributed by atoms with Gasteiger partial charge in [-0.1, -0.05) is 26.0 Å². The molecule has 1 aromatic carbocycles. The van der Waals surface area contributed by atoms with Crippen molar-refractivity contribution in [2.24, 2.45) is 11.7 Å². The molecule has 2 nitrogen and oxygen atoms in total. The fraction of sp³-hybridized carbons (Fsp3) is 0.500. The van der Waals surface area contributed by atoms with Crippen molar-refractivity contribution in [2.75, 3.05) is 0 Å². The van der Waals surface area contributed by atoms with E-state index in [1.54, 1.807) is 6.07 Å². The Kier molecular flexibility index (Phi) is 3.53. The van der Waals surface area contributed by atoms with Crippen molar-refractivity contribution >= 4 is 0 Å². The highest BCUT2D eigenvalue weighted by molar-refractivity contribution is 5.37. The summed E-state index contributed by atoms with van der Waals surface area (Å²) in [6.07, 6.45) is 0.899. The molecule has 1 aromatic rings. The highest BCUT2D eigenvalue weighted by Gasteiger charge is 2.11. The minimum atomic E-state index is -0.0596. The zero-order valence-corrected chi connectivity index (χ0v) is 9.12. The summed E-state index contributed by atoms with van der Waals surface area (Å²) in [6, 6.07) is 5.60. The zero-order chi connectivity index (χ0) is 10.7. The van der Waals surface area contributed by atoms with Gasteiger partial charge in [-0.25, -0.2) is 0 Å². The quantitative estimate of drug-likeness (QED) is 0.775. The third-order valence-corrected chi connectivity index (χ3v) is 2.31. The first kappa shape index (κ1) is 11.1. The van der Waals surface area contributed by atoms with E-state index in [1.807, 2.05) is 19.1 Å². The molecule has 14 heavy (non-hydrogen) atoms. The summed E-state index contributed by atoms with van der Waals surface area (Å²) in [7, 11) is 0. The summed E-state index contributed by atoms with van der Waals surface area (Å²) in [5.41, 5.74) is 7.90. The van der Waals surface area contributed by atoms with Crippen molar-refractivity contribution in [2.45, 2.75) is 33.2 Å². The normalized spacial score (nSPS) is 13.2. The molecule has 0 heterocycles. The van der Waals surface area contributed by atoms with Gasteiger partial charge in [0.2, 0.25) is 0 Å². The molecule has 0 aromatic heterocycles. The second kappa shape index (κ2) is 4.47. The van der Waals surface area contributed by atoms with Gasteiger partial charge in [0.1, 0.15) is 5.75 Å². The van der Waals surface area contributed by atoms with Crippen LogP contribution in [-0.4, -0.2) is 5.11 Å². The lowest BCUT2D eigenvalue weighted by atomic mass is 9.96. The summed E-state index contributed by atoms with van der Waals surface area (Å²) < 4.78 is 0. The van der Waals surface area contributed by atoms with Crippen LogP contribution in [0.2, 0.25) is 0 Å². The first-order valence-corrected chi connectivity index (χ1v) is 5.05. The van der Waals surface area contributed by atoms with Gasteiger partial charge < -0.3 is 10.8 Å². The summed E-state index contributed by atoms with van der Waals surface area (Å²) in [6.45, 7) is 6.22. The molecule has 3 N–H and O–H groups in total. The second-order valence-electron chi connectivity index (χ2n) is 4.30. The van der Waals surface area contributed by atoms with Crippen LogP contribution in [0.1, 0.15) is 37.4 Å². The molecule has 0 aliphatic rings. The van der Waals surface area contributed by atoms with Crippen molar-refractivity contribution in [1.82, 2.24) is 0 Å². The van der Waals surface area contributed by atoms with Gasteiger partial charge in [0.25, 0.3) is 0 Å². The minimum Gasteiger partial charge on any atom is -0.508 e. The van der Waals surface area contributed by atoms with Crippen LogP contribution in [0, 0.1) is 12.8 Å². The van der Waals surface area contributed by atoms with E-state index >= 15 is 0 Å². The molecular formula is C12H19NO. The summed E-state index contributed by atoms with van der Waals surface area (Å²) in [4.78, 5) is 0. The van der Waals surface area contributed by atoms with Crippen LogP contribution in [0.4, 0.5) is 0 Å². The fourth-order valence-electron chi connectivity index (χ4n) is 1.60. The van der Waals surface area contributed by atoms with Crippen LogP contribution in [0.15, 0.2) is 18.2 Å². The van der Waals surface area contributed by atoms with Crippen molar-refractivity contribution < 1.29 is 5.11 Å². The maximum atomic E-state index is 9.69. The van der Waals surface area contributed by atoms with Gasteiger partial charge in [0, 0.05) is 11.6 Å². The van der Waals surface area contributed by atoms with E-state index in [1.165, 1.54) is 0 Å². The number of rotatable bonds is 3. The van der Waals surface area contributed by atoms with Gasteiger partial charge >= 0.3 is 0 Å². The molecule has 0 saturated carbocycles. The summed E-state index contributed by atoms with van der Waals surface area (Å²) >= 11 is 0. The third kappa shape index (κ3) is 2.74. The van der Waals surface area contributed by atoms with Gasteiger partial charge in [-0.05, 0) is 30.9 Å². The van der Waals surface area contributed by atoms with E-state index in [0.29, 0.717) is 11.7 Å². The highest BCUT2D eigenvalue weighted by atomic mass is 16.3. The molecule has 0 aliphatic carbocycles. The molecule has 0 unspecified atom stereocenters. The number of hydrogen-bond donors (Lipinski definition) is 2. The molecule has 2 heteroatoms. The average Bonchev–Trinajstić information content (AvgIpc) is 2.01. The fourth-order valence-corrected chi connectivity index (χ4v) is 1.60. The van der Waals surface area contributed by atoms with E-state index in [2.05, 4.69) is 13.8 Å². The lowest BCUT2D eigenvalue weighted by Crippen LogP contribution is -2.13. The van der Waals surface area contributed by atoms with Gasteiger partial charge in [-0.3, -0.25) is 0 Å². The van der Waals surface area contributed by atoms with E-state index in [0.717, 1.165) is 17.5 Å². The maximum Gasteiger partial charge on any atom is 0.120 e. The van der Waals surface area contributed by atoms with Gasteiger partial charge in [0.15, 0.2) is 0 Å². The molecule has 0 bridgehead atoms. The Bertz CT molecular complexity index is 307. The van der Waals surface area contributed by atoms with Crippen LogP contribution < -0.4 is 5.73 Å². The highest BCUT2D eigenvalue weighted by Crippen LogP contribution is 2.27. The summed E-state index contributed by atoms with van der Waals surface area (Å²) in [5.74, 6) is 0.865. The number of benzene rings is 1. The Morgan fingerprint density at radius 3 is 2.50 bits per heavy atom. The molecule has 0 fully saturated rings. The van der Waals surface area contributed by atoms with Crippen LogP contribution >= 0.6 is 0 Å². The monoisotopic (exact) mass is 193 g/mol. The zero-order valence-electron chi connectivity index (χ0n) is 9.12. The maximum absolute atomic E-state index is 9.69. The number of aryl methyl sites for hydroxylation is 1. The average molecular weight is 193 g/mol. The second-order valence-corrected chi connectivity index (χ2v) is 4.30. The number of phenolic OH excluding ortho intramolecular Hbond substituents is 1. The number of hydrogen-bond acceptors (Lipinski definition) is 2. The first-order chi connectivity index (χ1) is 6.50. The van der Waals surface area contributed by atoms with Crippen molar-refractivity contribution in [3.05, 3.63) is 29.3 Å². The van der Waals surface area contributed by atoms with Crippen LogP contribution in [-0.2, 0) is 0 Å². The lowest BCUT2D eigenvalue weighted by Gasteiger charge is -2.15. The number of phenols is 1. The van der Waals surface area contributed by atoms with E-state index in [-0.39, 0.29) is 6.04 Å². The molecule has 1 atom stereocenters. The van der Waals surface area contributed by atoms with Crippen molar-refractivity contribution in [3.8, 4) is 5.75 Å². The van der Waals surface area contributed by atoms with Gasteiger partial charge in [-0.15, -0.1) is 0 Å². The molecule has 0 amide bonds. The molecule has 0 radical (unpaired) electrons. The van der Waals surface area contributed by atoms with Gasteiger partial charge in [-0.2, -0.15) is 0 Å². The van der Waals surface area contributed by atoms with Crippen molar-refractivity contribution in [3.63, 3.8) is 0 Å². The number of aromatic hydroxyl groups is 1. The van der Waals surface area contributed by atoms with E-state index in [9.17, 15) is 5.11 Å². The van der Waals surface area contributed by atoms with E-state index in [4.69, 9.17) is 5.73 Å². The van der Waals surface area contributed by atoms with Crippen LogP contribution in [0.5, 0.6) is 5.75 Å².